The van der Waals surface area contributed by atoms with Crippen molar-refractivity contribution in [1.82, 2.24) is 5.32 Å². The molecule has 2 aliphatic rings. The lowest BCUT2D eigenvalue weighted by molar-refractivity contribution is 0.102. The largest absolute Gasteiger partial charge is 0.370 e. The molecule has 0 unspecified atom stereocenters. The van der Waals surface area contributed by atoms with Crippen molar-refractivity contribution >= 4 is 29.0 Å². The number of nitrogens with one attached hydrogen (secondary N) is 2. The fourth-order valence-electron chi connectivity index (χ4n) is 3.87. The van der Waals surface area contributed by atoms with Gasteiger partial charge in [-0.1, -0.05) is 25.0 Å². The summed E-state index contributed by atoms with van der Waals surface area (Å²) in [7, 11) is 0. The smallest absolute Gasteiger partial charge is 0.321 e. The molecule has 146 valence electrons. The van der Waals surface area contributed by atoms with E-state index < -0.39 is 0 Å². The Morgan fingerprint density at radius 3 is 2.29 bits per heavy atom. The van der Waals surface area contributed by atoms with Gasteiger partial charge in [0.25, 0.3) is 5.91 Å². The van der Waals surface area contributed by atoms with Gasteiger partial charge in [0, 0.05) is 37.4 Å². The molecule has 2 aliphatic heterocycles. The summed E-state index contributed by atoms with van der Waals surface area (Å²) < 4.78 is 0. The van der Waals surface area contributed by atoms with Crippen LogP contribution >= 0.6 is 0 Å². The molecule has 6 heteroatoms. The lowest BCUT2D eigenvalue weighted by Gasteiger charge is -2.25. The van der Waals surface area contributed by atoms with Crippen LogP contribution in [0.15, 0.2) is 48.5 Å². The molecular weight excluding hydrogens is 352 g/mol. The molecule has 0 aliphatic carbocycles. The van der Waals surface area contributed by atoms with Crippen LogP contribution in [-0.4, -0.2) is 38.1 Å². The zero-order chi connectivity index (χ0) is 19.3. The van der Waals surface area contributed by atoms with Crippen molar-refractivity contribution in [3.8, 4) is 0 Å². The molecule has 2 fully saturated rings. The second-order valence-electron chi connectivity index (χ2n) is 7.30. The van der Waals surface area contributed by atoms with Crippen molar-refractivity contribution in [3.63, 3.8) is 0 Å². The predicted octanol–water partition coefficient (Wildman–Crippen LogP) is 3.85. The van der Waals surface area contributed by atoms with Crippen molar-refractivity contribution in [3.05, 3.63) is 54.1 Å². The number of para-hydroxylation sites is 2. The average molecular weight is 378 g/mol. The summed E-state index contributed by atoms with van der Waals surface area (Å²) in [5, 5.41) is 5.85. The minimum atomic E-state index is -0.139. The van der Waals surface area contributed by atoms with Gasteiger partial charge in [-0.05, 0) is 49.2 Å². The normalized spacial score (nSPS) is 17.2. The monoisotopic (exact) mass is 378 g/mol. The van der Waals surface area contributed by atoms with Crippen LogP contribution in [0.25, 0.3) is 0 Å². The Morgan fingerprint density at radius 1 is 0.893 bits per heavy atom. The number of benzene rings is 2. The molecule has 0 aromatic heterocycles. The van der Waals surface area contributed by atoms with Crippen LogP contribution in [0.3, 0.4) is 0 Å². The van der Waals surface area contributed by atoms with Crippen LogP contribution in [0.1, 0.15) is 36.0 Å². The van der Waals surface area contributed by atoms with Gasteiger partial charge in [0.1, 0.15) is 0 Å². The summed E-state index contributed by atoms with van der Waals surface area (Å²) in [5.74, 6) is -0.139. The number of urea groups is 1. The first-order valence-electron chi connectivity index (χ1n) is 10.0. The van der Waals surface area contributed by atoms with Crippen LogP contribution in [-0.2, 0) is 0 Å². The third-order valence-corrected chi connectivity index (χ3v) is 5.40. The highest BCUT2D eigenvalue weighted by atomic mass is 16.2. The van der Waals surface area contributed by atoms with Gasteiger partial charge in [0.05, 0.1) is 11.4 Å². The van der Waals surface area contributed by atoms with Gasteiger partial charge in [-0.25, -0.2) is 4.79 Å². The lowest BCUT2D eigenvalue weighted by Crippen LogP contribution is -2.27. The molecule has 0 spiro atoms. The van der Waals surface area contributed by atoms with Gasteiger partial charge in [0.2, 0.25) is 0 Å². The number of amides is 3. The highest BCUT2D eigenvalue weighted by Gasteiger charge is 2.21. The van der Waals surface area contributed by atoms with Gasteiger partial charge in [-0.3, -0.25) is 9.69 Å². The quantitative estimate of drug-likeness (QED) is 0.849. The number of rotatable bonds is 4. The van der Waals surface area contributed by atoms with Gasteiger partial charge in [-0.15, -0.1) is 0 Å². The minimum Gasteiger partial charge on any atom is -0.370 e. The standard InChI is InChI=1S/C22H26N4O2/c27-21(17-9-11-18(12-10-17)26-16-13-23-22(26)28)24-19-7-3-4-8-20(19)25-14-5-1-2-6-15-25/h3-4,7-12H,1-2,5-6,13-16H2,(H,23,28)(H,24,27). The number of anilines is 3. The summed E-state index contributed by atoms with van der Waals surface area (Å²) in [6.45, 7) is 3.35. The van der Waals surface area contributed by atoms with Crippen LogP contribution in [0.2, 0.25) is 0 Å². The Morgan fingerprint density at radius 2 is 1.61 bits per heavy atom. The number of hydrogen-bond acceptors (Lipinski definition) is 3. The maximum absolute atomic E-state index is 12.8. The maximum Gasteiger partial charge on any atom is 0.321 e. The molecule has 0 bridgehead atoms. The summed E-state index contributed by atoms with van der Waals surface area (Å²) in [4.78, 5) is 28.6. The van der Waals surface area contributed by atoms with Crippen LogP contribution in [0, 0.1) is 0 Å². The molecule has 2 aromatic carbocycles. The Balaban J connectivity index is 1.48. The fraction of sp³-hybridized carbons (Fsp3) is 0.364. The molecule has 0 radical (unpaired) electrons. The van der Waals surface area contributed by atoms with Crippen molar-refractivity contribution < 1.29 is 9.59 Å². The molecule has 0 saturated carbocycles. The first-order valence-corrected chi connectivity index (χ1v) is 10.0. The number of nitrogens with zero attached hydrogens (tertiary/aromatic N) is 2. The Labute approximate surface area is 165 Å². The predicted molar refractivity (Wildman–Crippen MR) is 112 cm³/mol. The number of hydrogen-bond donors (Lipinski definition) is 2. The van der Waals surface area contributed by atoms with Crippen molar-refractivity contribution in [2.45, 2.75) is 25.7 Å². The maximum atomic E-state index is 12.8. The first-order chi connectivity index (χ1) is 13.7. The average Bonchev–Trinajstić information content (AvgIpc) is 2.98. The van der Waals surface area contributed by atoms with Crippen molar-refractivity contribution in [2.75, 3.05) is 41.3 Å². The summed E-state index contributed by atoms with van der Waals surface area (Å²) >= 11 is 0. The molecule has 0 atom stereocenters. The molecule has 4 rings (SSSR count). The van der Waals surface area contributed by atoms with E-state index in [1.54, 1.807) is 17.0 Å². The molecule has 2 N–H and O–H groups in total. The molecule has 2 saturated heterocycles. The van der Waals surface area contributed by atoms with E-state index in [4.69, 9.17) is 0 Å². The Bertz CT molecular complexity index is 842. The summed E-state index contributed by atoms with van der Waals surface area (Å²) in [6, 6.07) is 15.1. The molecular formula is C22H26N4O2. The SMILES string of the molecule is O=C(Nc1ccccc1N1CCCCCC1)c1ccc(N2CCNC2=O)cc1. The van der Waals surface area contributed by atoms with E-state index in [1.807, 2.05) is 30.3 Å². The zero-order valence-electron chi connectivity index (χ0n) is 16.0. The van der Waals surface area contributed by atoms with Crippen molar-refractivity contribution in [1.29, 1.82) is 0 Å². The van der Waals surface area contributed by atoms with Crippen molar-refractivity contribution in [2.24, 2.45) is 0 Å². The molecule has 2 aromatic rings. The van der Waals surface area contributed by atoms with E-state index in [9.17, 15) is 9.59 Å². The second-order valence-corrected chi connectivity index (χ2v) is 7.30. The zero-order valence-corrected chi connectivity index (χ0v) is 16.0. The molecule has 28 heavy (non-hydrogen) atoms. The van der Waals surface area contributed by atoms with Gasteiger partial charge in [0.15, 0.2) is 0 Å². The number of carbonyl (C=O) groups excluding carboxylic acids is 2. The highest BCUT2D eigenvalue weighted by molar-refractivity contribution is 6.06. The van der Waals surface area contributed by atoms with E-state index >= 15 is 0 Å². The fourth-order valence-corrected chi connectivity index (χ4v) is 3.87. The minimum absolute atomic E-state index is 0.0939. The third-order valence-electron chi connectivity index (χ3n) is 5.40. The Kier molecular flexibility index (Phi) is 5.46. The van der Waals surface area contributed by atoms with E-state index in [2.05, 4.69) is 21.6 Å². The summed E-state index contributed by atoms with van der Waals surface area (Å²) in [5.41, 5.74) is 3.31. The van der Waals surface area contributed by atoms with Gasteiger partial charge in [-0.2, -0.15) is 0 Å². The third kappa shape index (κ3) is 3.96. The van der Waals surface area contributed by atoms with Crippen LogP contribution < -0.4 is 20.4 Å². The summed E-state index contributed by atoms with van der Waals surface area (Å²) in [6.07, 6.45) is 4.92. The highest BCUT2D eigenvalue weighted by Crippen LogP contribution is 2.28. The number of carbonyl (C=O) groups is 2. The molecule has 2 heterocycles. The first kappa shape index (κ1) is 18.3. The van der Waals surface area contributed by atoms with Gasteiger partial charge >= 0.3 is 6.03 Å². The Hall–Kier alpha value is -3.02. The van der Waals surface area contributed by atoms with E-state index in [1.165, 1.54) is 25.7 Å². The van der Waals surface area contributed by atoms with E-state index in [0.717, 1.165) is 30.2 Å². The molecule has 3 amide bonds. The lowest BCUT2D eigenvalue weighted by atomic mass is 10.1. The van der Waals surface area contributed by atoms with Crippen LogP contribution in [0.5, 0.6) is 0 Å². The topological polar surface area (TPSA) is 64.7 Å². The second kappa shape index (κ2) is 8.33. The molecule has 6 nitrogen and oxygen atoms in total. The van der Waals surface area contributed by atoms with Crippen LogP contribution in [0.4, 0.5) is 21.9 Å². The van der Waals surface area contributed by atoms with E-state index in [-0.39, 0.29) is 11.9 Å². The van der Waals surface area contributed by atoms with Gasteiger partial charge < -0.3 is 15.5 Å². The van der Waals surface area contributed by atoms with E-state index in [0.29, 0.717) is 18.7 Å².